The van der Waals surface area contributed by atoms with Crippen LogP contribution in [0.4, 0.5) is 0 Å². The van der Waals surface area contributed by atoms with Gasteiger partial charge < -0.3 is 19.7 Å². The molecule has 0 heterocycles. The molecule has 0 aliphatic heterocycles. The van der Waals surface area contributed by atoms with Crippen LogP contribution in [-0.2, 0) is 19.1 Å². The van der Waals surface area contributed by atoms with Crippen molar-refractivity contribution in [1.82, 2.24) is 10.2 Å². The van der Waals surface area contributed by atoms with Crippen molar-refractivity contribution in [1.29, 1.82) is 0 Å². The third-order valence-electron chi connectivity index (χ3n) is 8.55. The maximum atomic E-state index is 11.9. The first-order chi connectivity index (χ1) is 22.5. The summed E-state index contributed by atoms with van der Waals surface area (Å²) in [6.07, 6.45) is 36.8. The lowest BCUT2D eigenvalue weighted by atomic mass is 9.99. The molecule has 0 radical (unpaired) electrons. The Kier molecular flexibility index (Phi) is 34.9. The van der Waals surface area contributed by atoms with E-state index < -0.39 is 0 Å². The predicted octanol–water partition coefficient (Wildman–Crippen LogP) is 10.5. The Bertz CT molecular complexity index is 670. The molecule has 0 aromatic carbocycles. The number of carbonyl (C=O) groups is 2. The van der Waals surface area contributed by atoms with Crippen LogP contribution in [-0.4, -0.2) is 63.3 Å². The first-order valence-corrected chi connectivity index (χ1v) is 19.5. The summed E-state index contributed by atoms with van der Waals surface area (Å²) in [7, 11) is 4.29. The lowest BCUT2D eigenvalue weighted by Crippen LogP contribution is -2.31. The van der Waals surface area contributed by atoms with Crippen LogP contribution in [0.1, 0.15) is 174 Å². The zero-order valence-corrected chi connectivity index (χ0v) is 31.0. The van der Waals surface area contributed by atoms with Crippen molar-refractivity contribution in [2.45, 2.75) is 180 Å². The third-order valence-corrected chi connectivity index (χ3v) is 8.55. The molecule has 0 aliphatic carbocycles. The van der Waals surface area contributed by atoms with Gasteiger partial charge in [0.1, 0.15) is 13.2 Å². The topological polar surface area (TPSA) is 67.9 Å². The molecule has 0 aromatic rings. The van der Waals surface area contributed by atoms with Crippen molar-refractivity contribution < 1.29 is 19.1 Å². The van der Waals surface area contributed by atoms with Gasteiger partial charge in [-0.1, -0.05) is 128 Å². The number of allylic oxidation sites excluding steroid dienone is 2. The van der Waals surface area contributed by atoms with Crippen molar-refractivity contribution in [3.8, 4) is 0 Å². The number of unbranched alkanes of at least 4 members (excludes halogenated alkanes) is 16. The second kappa shape index (κ2) is 36.2. The van der Waals surface area contributed by atoms with Crippen molar-refractivity contribution >= 4 is 11.9 Å². The van der Waals surface area contributed by atoms with Gasteiger partial charge in [-0.15, -0.1) is 0 Å². The van der Waals surface area contributed by atoms with Gasteiger partial charge in [0.25, 0.3) is 0 Å². The Balaban J connectivity index is 3.90. The number of rotatable bonds is 35. The standard InChI is InChI=1S/C40H76N2O4/c1-5-7-9-11-21-27-36-45-39(43)32-25-19-15-13-17-23-30-38(41-34-29-35-42(3)4)31-24-18-14-16-20-26-33-40(44)46-37-28-22-12-10-8-6-2/h21-22,27-28,38,41H,5-20,23-26,29-37H2,1-4H3/b27-21-,28-22-. The Labute approximate surface area is 285 Å². The summed E-state index contributed by atoms with van der Waals surface area (Å²) in [6.45, 7) is 7.49. The summed E-state index contributed by atoms with van der Waals surface area (Å²) in [5.74, 6) is -0.115. The fourth-order valence-electron chi connectivity index (χ4n) is 5.61. The van der Waals surface area contributed by atoms with Gasteiger partial charge in [0.2, 0.25) is 0 Å². The van der Waals surface area contributed by atoms with Crippen molar-refractivity contribution in [3.63, 3.8) is 0 Å². The first-order valence-electron chi connectivity index (χ1n) is 19.5. The van der Waals surface area contributed by atoms with E-state index in [4.69, 9.17) is 9.47 Å². The average molecular weight is 649 g/mol. The normalized spacial score (nSPS) is 11.9. The molecule has 0 saturated heterocycles. The summed E-state index contributed by atoms with van der Waals surface area (Å²) in [4.78, 5) is 26.1. The highest BCUT2D eigenvalue weighted by Crippen LogP contribution is 2.15. The summed E-state index contributed by atoms with van der Waals surface area (Å²) < 4.78 is 10.6. The van der Waals surface area contributed by atoms with Gasteiger partial charge in [-0.05, 0) is 85.0 Å². The molecule has 270 valence electrons. The molecule has 6 heteroatoms. The second-order valence-electron chi connectivity index (χ2n) is 13.4. The van der Waals surface area contributed by atoms with E-state index >= 15 is 0 Å². The molecular weight excluding hydrogens is 572 g/mol. The number of hydrogen-bond acceptors (Lipinski definition) is 6. The third kappa shape index (κ3) is 35.2. The molecule has 0 spiro atoms. The van der Waals surface area contributed by atoms with E-state index in [1.165, 1.54) is 109 Å². The van der Waals surface area contributed by atoms with Gasteiger partial charge in [0.15, 0.2) is 0 Å². The molecule has 0 aromatic heterocycles. The molecular formula is C40H76N2O4. The number of ether oxygens (including phenoxy) is 2. The maximum absolute atomic E-state index is 11.9. The van der Waals surface area contributed by atoms with Crippen LogP contribution in [0.5, 0.6) is 0 Å². The Hall–Kier alpha value is -1.66. The average Bonchev–Trinajstić information content (AvgIpc) is 3.04. The van der Waals surface area contributed by atoms with Crippen LogP contribution in [0, 0.1) is 0 Å². The Morgan fingerprint density at radius 2 is 1.00 bits per heavy atom. The van der Waals surface area contributed by atoms with Crippen LogP contribution in [0.15, 0.2) is 24.3 Å². The highest BCUT2D eigenvalue weighted by atomic mass is 16.5. The van der Waals surface area contributed by atoms with E-state index in [1.807, 2.05) is 12.2 Å². The summed E-state index contributed by atoms with van der Waals surface area (Å²) >= 11 is 0. The number of esters is 2. The summed E-state index contributed by atoms with van der Waals surface area (Å²) in [5, 5.41) is 3.85. The molecule has 0 unspecified atom stereocenters. The van der Waals surface area contributed by atoms with Gasteiger partial charge >= 0.3 is 11.9 Å². The molecule has 0 amide bonds. The van der Waals surface area contributed by atoms with Crippen molar-refractivity contribution in [3.05, 3.63) is 24.3 Å². The largest absolute Gasteiger partial charge is 0.461 e. The van der Waals surface area contributed by atoms with Crippen LogP contribution < -0.4 is 5.32 Å². The minimum atomic E-state index is -0.0574. The minimum absolute atomic E-state index is 0.0574. The minimum Gasteiger partial charge on any atom is -0.461 e. The van der Waals surface area contributed by atoms with Gasteiger partial charge in [-0.25, -0.2) is 0 Å². The fourth-order valence-corrected chi connectivity index (χ4v) is 5.61. The number of carbonyl (C=O) groups excluding carboxylic acids is 2. The zero-order chi connectivity index (χ0) is 33.8. The number of hydrogen-bond donors (Lipinski definition) is 1. The molecule has 0 rings (SSSR count). The molecule has 1 N–H and O–H groups in total. The van der Waals surface area contributed by atoms with Crippen LogP contribution in [0.3, 0.4) is 0 Å². The predicted molar refractivity (Wildman–Crippen MR) is 197 cm³/mol. The quantitative estimate of drug-likeness (QED) is 0.0419. The SMILES string of the molecule is CCCCC/C=C\COC(=O)CCCCCCCCC(CCCCCCCCC(=O)OC/C=C\CCCCC)NCCCN(C)C. The van der Waals surface area contributed by atoms with Gasteiger partial charge in [0.05, 0.1) is 0 Å². The van der Waals surface area contributed by atoms with Crippen LogP contribution in [0.2, 0.25) is 0 Å². The van der Waals surface area contributed by atoms with E-state index in [0.717, 1.165) is 51.6 Å². The molecule has 0 aliphatic rings. The number of nitrogens with one attached hydrogen (secondary N) is 1. The van der Waals surface area contributed by atoms with E-state index in [2.05, 4.69) is 50.3 Å². The van der Waals surface area contributed by atoms with E-state index in [0.29, 0.717) is 32.1 Å². The Morgan fingerprint density at radius 1 is 0.565 bits per heavy atom. The molecule has 0 bridgehead atoms. The highest BCUT2D eigenvalue weighted by molar-refractivity contribution is 5.69. The summed E-state index contributed by atoms with van der Waals surface area (Å²) in [5.41, 5.74) is 0. The molecule has 0 saturated carbocycles. The van der Waals surface area contributed by atoms with E-state index in [1.54, 1.807) is 0 Å². The molecule has 0 fully saturated rings. The number of nitrogens with zero attached hydrogens (tertiary/aromatic N) is 1. The smallest absolute Gasteiger partial charge is 0.306 e. The van der Waals surface area contributed by atoms with Gasteiger partial charge in [0, 0.05) is 18.9 Å². The monoisotopic (exact) mass is 649 g/mol. The van der Waals surface area contributed by atoms with E-state index in [9.17, 15) is 9.59 Å². The Morgan fingerprint density at radius 3 is 1.43 bits per heavy atom. The van der Waals surface area contributed by atoms with Crippen LogP contribution >= 0.6 is 0 Å². The molecule has 6 nitrogen and oxygen atoms in total. The maximum Gasteiger partial charge on any atom is 0.306 e. The van der Waals surface area contributed by atoms with E-state index in [-0.39, 0.29) is 11.9 Å². The zero-order valence-electron chi connectivity index (χ0n) is 31.0. The lowest BCUT2D eigenvalue weighted by Gasteiger charge is -2.20. The molecule has 46 heavy (non-hydrogen) atoms. The van der Waals surface area contributed by atoms with Crippen molar-refractivity contribution in [2.24, 2.45) is 0 Å². The second-order valence-corrected chi connectivity index (χ2v) is 13.4. The highest BCUT2D eigenvalue weighted by Gasteiger charge is 2.09. The first kappa shape index (κ1) is 44.3. The summed E-state index contributed by atoms with van der Waals surface area (Å²) in [6, 6.07) is 0.619. The van der Waals surface area contributed by atoms with Gasteiger partial charge in [-0.2, -0.15) is 0 Å². The lowest BCUT2D eigenvalue weighted by molar-refractivity contribution is -0.143. The van der Waals surface area contributed by atoms with Crippen molar-refractivity contribution in [2.75, 3.05) is 40.4 Å². The van der Waals surface area contributed by atoms with Crippen LogP contribution in [0.25, 0.3) is 0 Å². The fraction of sp³-hybridized carbons (Fsp3) is 0.850. The van der Waals surface area contributed by atoms with Gasteiger partial charge in [-0.3, -0.25) is 9.59 Å². The molecule has 0 atom stereocenters.